The highest BCUT2D eigenvalue weighted by Gasteiger charge is 2.34. The molecule has 0 amide bonds. The quantitative estimate of drug-likeness (QED) is 0.206. The number of hydrogen-bond donors (Lipinski definition) is 0. The Morgan fingerprint density at radius 3 is 2.29 bits per heavy atom. The predicted molar refractivity (Wildman–Crippen MR) is 152 cm³/mol. The first kappa shape index (κ1) is 30.4. The molecule has 0 bridgehead atoms. The molecule has 2 heterocycles. The van der Waals surface area contributed by atoms with Crippen molar-refractivity contribution >= 4 is 5.78 Å². The number of ether oxygens (including phenoxy) is 1. The molecule has 3 aromatic rings. The van der Waals surface area contributed by atoms with E-state index in [-0.39, 0.29) is 36.4 Å². The Labute approximate surface area is 240 Å². The van der Waals surface area contributed by atoms with Gasteiger partial charge in [-0.15, -0.1) is 0 Å². The summed E-state index contributed by atoms with van der Waals surface area (Å²) < 4.78 is 51.7. The van der Waals surface area contributed by atoms with E-state index < -0.39 is 11.7 Å². The Morgan fingerprint density at radius 1 is 0.951 bits per heavy atom. The average Bonchev–Trinajstić information content (AvgIpc) is 3.40. The fourth-order valence-corrected chi connectivity index (χ4v) is 4.70. The van der Waals surface area contributed by atoms with Gasteiger partial charge in [0.2, 0.25) is 0 Å². The molecule has 1 aromatic heterocycles. The molecule has 0 N–H and O–H groups in total. The minimum Gasteiger partial charge on any atom is -0.493 e. The molecule has 1 fully saturated rings. The van der Waals surface area contributed by atoms with E-state index in [1.54, 1.807) is 12.1 Å². The Bertz CT molecular complexity index is 1370. The van der Waals surface area contributed by atoms with Gasteiger partial charge in [-0.1, -0.05) is 56.3 Å². The van der Waals surface area contributed by atoms with E-state index in [0.29, 0.717) is 23.2 Å². The molecule has 1 aliphatic heterocycles. The summed E-state index contributed by atoms with van der Waals surface area (Å²) in [5.74, 6) is 6.49. The molecule has 0 unspecified atom stereocenters. The van der Waals surface area contributed by atoms with Crippen LogP contribution in [0.1, 0.15) is 80.2 Å². The van der Waals surface area contributed by atoms with Crippen LogP contribution < -0.4 is 4.74 Å². The lowest BCUT2D eigenvalue weighted by atomic mass is 9.93. The number of halogens is 3. The van der Waals surface area contributed by atoms with Crippen LogP contribution in [-0.4, -0.2) is 42.1 Å². The summed E-state index contributed by atoms with van der Waals surface area (Å²) in [5.41, 5.74) is 1.61. The van der Waals surface area contributed by atoms with Crippen molar-refractivity contribution in [3.63, 3.8) is 0 Å². The predicted octanol–water partition coefficient (Wildman–Crippen LogP) is 7.00. The minimum atomic E-state index is -4.51. The van der Waals surface area contributed by atoms with Gasteiger partial charge in [0.05, 0.1) is 24.3 Å². The first-order chi connectivity index (χ1) is 19.5. The van der Waals surface area contributed by atoms with Crippen LogP contribution in [0.15, 0.2) is 53.1 Å². The van der Waals surface area contributed by atoms with Crippen LogP contribution in [-0.2, 0) is 29.2 Å². The molecule has 41 heavy (non-hydrogen) atoms. The highest BCUT2D eigenvalue weighted by Crippen LogP contribution is 2.36. The van der Waals surface area contributed by atoms with Gasteiger partial charge in [0.1, 0.15) is 17.3 Å². The normalized spacial score (nSPS) is 14.4. The number of carbonyl (C=O) groups excluding carboxylic acids is 1. The van der Waals surface area contributed by atoms with E-state index in [0.717, 1.165) is 37.0 Å². The molecule has 0 atom stereocenters. The van der Waals surface area contributed by atoms with E-state index in [9.17, 15) is 18.0 Å². The molecule has 0 radical (unpaired) electrons. The van der Waals surface area contributed by atoms with Gasteiger partial charge in [-0.3, -0.25) is 4.79 Å². The first-order valence-electron chi connectivity index (χ1n) is 14.1. The Hall–Kier alpha value is -3.57. The van der Waals surface area contributed by atoms with Crippen LogP contribution in [0.5, 0.6) is 5.75 Å². The van der Waals surface area contributed by atoms with E-state index in [1.807, 2.05) is 39.0 Å². The van der Waals surface area contributed by atoms with Gasteiger partial charge < -0.3 is 14.2 Å². The SMILES string of the molecule is CC(C)(C)c1cc(CC(=O)Cc2ccc(C#Cc3ccc(C(F)(F)F)c(OCCCN4CCCCC4)c3)cc2)no1. The molecule has 8 heteroatoms. The Balaban J connectivity index is 1.35. The van der Waals surface area contributed by atoms with Crippen molar-refractivity contribution < 1.29 is 27.2 Å². The molecule has 0 saturated carbocycles. The number of aromatic nitrogens is 1. The van der Waals surface area contributed by atoms with Crippen LogP contribution in [0.3, 0.4) is 0 Å². The second-order valence-corrected chi connectivity index (χ2v) is 11.6. The Kier molecular flexibility index (Phi) is 9.93. The van der Waals surface area contributed by atoms with Gasteiger partial charge in [-0.05, 0) is 68.2 Å². The van der Waals surface area contributed by atoms with Crippen molar-refractivity contribution in [2.75, 3.05) is 26.2 Å². The number of rotatable bonds is 9. The lowest BCUT2D eigenvalue weighted by molar-refractivity contribution is -0.139. The Morgan fingerprint density at radius 2 is 1.63 bits per heavy atom. The highest BCUT2D eigenvalue weighted by atomic mass is 19.4. The van der Waals surface area contributed by atoms with Gasteiger partial charge in [0, 0.05) is 35.6 Å². The molecule has 2 aromatic carbocycles. The van der Waals surface area contributed by atoms with Crippen LogP contribution in [0.4, 0.5) is 13.2 Å². The lowest BCUT2D eigenvalue weighted by Crippen LogP contribution is -2.31. The van der Waals surface area contributed by atoms with Gasteiger partial charge in [-0.2, -0.15) is 13.2 Å². The van der Waals surface area contributed by atoms with Crippen molar-refractivity contribution in [1.29, 1.82) is 0 Å². The van der Waals surface area contributed by atoms with Crippen LogP contribution >= 0.6 is 0 Å². The average molecular weight is 567 g/mol. The van der Waals surface area contributed by atoms with Crippen molar-refractivity contribution in [2.45, 2.75) is 70.9 Å². The summed E-state index contributed by atoms with van der Waals surface area (Å²) in [5, 5.41) is 4.01. The molecule has 5 nitrogen and oxygen atoms in total. The third-order valence-electron chi connectivity index (χ3n) is 6.99. The van der Waals surface area contributed by atoms with E-state index in [4.69, 9.17) is 9.26 Å². The maximum atomic E-state index is 13.6. The number of carbonyl (C=O) groups is 1. The van der Waals surface area contributed by atoms with E-state index >= 15 is 0 Å². The summed E-state index contributed by atoms with van der Waals surface area (Å²) in [6.45, 7) is 9.17. The summed E-state index contributed by atoms with van der Waals surface area (Å²) in [6.07, 6.45) is 0.179. The molecule has 4 rings (SSSR count). The highest BCUT2D eigenvalue weighted by molar-refractivity contribution is 5.82. The zero-order valence-electron chi connectivity index (χ0n) is 23.9. The van der Waals surface area contributed by atoms with Gasteiger partial charge in [0.15, 0.2) is 0 Å². The summed E-state index contributed by atoms with van der Waals surface area (Å²) in [7, 11) is 0. The van der Waals surface area contributed by atoms with Crippen LogP contribution in [0.25, 0.3) is 0 Å². The number of ketones is 1. The van der Waals surface area contributed by atoms with Gasteiger partial charge >= 0.3 is 6.18 Å². The van der Waals surface area contributed by atoms with Gasteiger partial charge in [0.25, 0.3) is 0 Å². The van der Waals surface area contributed by atoms with E-state index in [1.165, 1.54) is 31.4 Å². The van der Waals surface area contributed by atoms with Gasteiger partial charge in [-0.25, -0.2) is 0 Å². The zero-order chi connectivity index (χ0) is 29.5. The zero-order valence-corrected chi connectivity index (χ0v) is 23.9. The molecule has 0 spiro atoms. The molecule has 0 aliphatic carbocycles. The number of alkyl halides is 3. The van der Waals surface area contributed by atoms with E-state index in [2.05, 4.69) is 21.9 Å². The number of hydrogen-bond acceptors (Lipinski definition) is 5. The molecule has 1 aliphatic rings. The second kappa shape index (κ2) is 13.4. The first-order valence-corrected chi connectivity index (χ1v) is 14.1. The van der Waals surface area contributed by atoms with Crippen molar-refractivity contribution in [3.8, 4) is 17.6 Å². The summed E-state index contributed by atoms with van der Waals surface area (Å²) >= 11 is 0. The van der Waals surface area contributed by atoms with Crippen molar-refractivity contribution in [1.82, 2.24) is 10.1 Å². The molecule has 218 valence electrons. The van der Waals surface area contributed by atoms with Crippen molar-refractivity contribution in [2.24, 2.45) is 0 Å². The smallest absolute Gasteiger partial charge is 0.419 e. The third-order valence-corrected chi connectivity index (χ3v) is 6.99. The summed E-state index contributed by atoms with van der Waals surface area (Å²) in [4.78, 5) is 14.9. The number of piperidine rings is 1. The molecular weight excluding hydrogens is 529 g/mol. The largest absolute Gasteiger partial charge is 0.493 e. The maximum Gasteiger partial charge on any atom is 0.419 e. The third kappa shape index (κ3) is 9.22. The van der Waals surface area contributed by atoms with Crippen LogP contribution in [0, 0.1) is 11.8 Å². The molecular formula is C33H37F3N2O3. The number of likely N-dealkylation sites (tertiary alicyclic amines) is 1. The monoisotopic (exact) mass is 566 g/mol. The maximum absolute atomic E-state index is 13.6. The summed E-state index contributed by atoms with van der Waals surface area (Å²) in [6, 6.07) is 12.8. The van der Waals surface area contributed by atoms with Crippen molar-refractivity contribution in [3.05, 3.63) is 82.2 Å². The standard InChI is InChI=1S/C33H37F3N2O3/c1-32(2,3)31-23-27(37-41-31)22-28(39)20-25-11-8-24(9-12-25)10-13-26-14-15-29(33(34,35)36)30(21-26)40-19-7-18-38-16-5-4-6-17-38/h8-9,11-12,14-15,21,23H,4-7,16-20,22H2,1-3H3. The fraction of sp³-hybridized carbons (Fsp3) is 0.455. The minimum absolute atomic E-state index is 0.0193. The number of Topliss-reactive ketones (excluding diaryl/α,β-unsaturated/α-hetero) is 1. The van der Waals surface area contributed by atoms with Crippen LogP contribution in [0.2, 0.25) is 0 Å². The number of nitrogens with zero attached hydrogens (tertiary/aromatic N) is 2. The second-order valence-electron chi connectivity index (χ2n) is 11.6. The fourth-order valence-electron chi connectivity index (χ4n) is 4.70. The molecule has 1 saturated heterocycles. The number of benzene rings is 2. The topological polar surface area (TPSA) is 55.6 Å². The lowest BCUT2D eigenvalue weighted by Gasteiger charge is -2.26.